The molecule has 13 heteroatoms. The molecule has 0 aromatic carbocycles. The molecule has 12 nitrogen and oxygen atoms in total. The first-order chi connectivity index (χ1) is 21.5. The van der Waals surface area contributed by atoms with E-state index in [0.717, 1.165) is 73.5 Å². The van der Waals surface area contributed by atoms with Gasteiger partial charge in [-0.25, -0.2) is 19.3 Å². The van der Waals surface area contributed by atoms with Crippen LogP contribution >= 0.6 is 11.3 Å². The number of aryl methyl sites for hydroxylation is 1. The van der Waals surface area contributed by atoms with E-state index in [0.29, 0.717) is 40.3 Å². The summed E-state index contributed by atoms with van der Waals surface area (Å²) >= 11 is 1.37. The molecule has 0 bridgehead atoms. The molecule has 1 atom stereocenters. The van der Waals surface area contributed by atoms with Gasteiger partial charge in [0.15, 0.2) is 10.7 Å². The van der Waals surface area contributed by atoms with Crippen molar-refractivity contribution in [2.24, 2.45) is 0 Å². The molecule has 0 unspecified atom stereocenters. The highest BCUT2D eigenvalue weighted by molar-refractivity contribution is 7.13. The molecule has 4 N–H and O–H groups in total. The van der Waals surface area contributed by atoms with Crippen molar-refractivity contribution in [1.82, 2.24) is 30.2 Å². The van der Waals surface area contributed by atoms with Crippen molar-refractivity contribution in [2.75, 3.05) is 30.3 Å². The first-order valence-corrected chi connectivity index (χ1v) is 16.8. The Balaban J connectivity index is 1.14. The molecule has 1 amide bonds. The topological polar surface area (TPSA) is 149 Å². The van der Waals surface area contributed by atoms with Crippen molar-refractivity contribution in [3.05, 3.63) is 33.5 Å². The average molecular weight is 637 g/mol. The van der Waals surface area contributed by atoms with Gasteiger partial charge in [-0.2, -0.15) is 5.10 Å². The van der Waals surface area contributed by atoms with Gasteiger partial charge in [0.05, 0.1) is 16.4 Å². The number of hydrogen-bond donors (Lipinski definition) is 3. The molecular formula is C32H44N8O4S. The number of hydrogen-bond acceptors (Lipinski definition) is 11. The van der Waals surface area contributed by atoms with Gasteiger partial charge in [0, 0.05) is 41.9 Å². The Morgan fingerprint density at radius 3 is 2.69 bits per heavy atom. The monoisotopic (exact) mass is 636 g/mol. The number of fused-ring (bicyclic) bond motifs is 1. The summed E-state index contributed by atoms with van der Waals surface area (Å²) in [5.74, 6) is 0.307. The largest absolute Gasteiger partial charge is 0.473 e. The molecular weight excluding hydrogens is 592 g/mol. The number of piperidine rings is 1. The quantitative estimate of drug-likeness (QED) is 0.291. The van der Waals surface area contributed by atoms with Crippen LogP contribution in [0.15, 0.2) is 18.0 Å². The molecule has 5 heterocycles. The first kappa shape index (κ1) is 31.3. The summed E-state index contributed by atoms with van der Waals surface area (Å²) in [7, 11) is 0. The van der Waals surface area contributed by atoms with Crippen molar-refractivity contribution in [1.29, 1.82) is 0 Å². The third-order valence-corrected chi connectivity index (χ3v) is 10.4. The number of nitrogens with zero attached hydrogens (tertiary/aromatic N) is 5. The molecule has 1 saturated heterocycles. The Kier molecular flexibility index (Phi) is 8.75. The average Bonchev–Trinajstić information content (AvgIpc) is 3.69. The molecule has 45 heavy (non-hydrogen) atoms. The van der Waals surface area contributed by atoms with Gasteiger partial charge >= 0.3 is 5.97 Å². The summed E-state index contributed by atoms with van der Waals surface area (Å²) in [6.45, 7) is 11.9. The normalized spacial score (nSPS) is 22.6. The number of anilines is 2. The Morgan fingerprint density at radius 1 is 1.20 bits per heavy atom. The van der Waals surface area contributed by atoms with Gasteiger partial charge in [0.1, 0.15) is 24.6 Å². The van der Waals surface area contributed by atoms with Crippen molar-refractivity contribution < 1.29 is 19.1 Å². The minimum atomic E-state index is -0.327. The number of ether oxygens (including phenoxy) is 2. The van der Waals surface area contributed by atoms with Crippen molar-refractivity contribution in [3.63, 3.8) is 0 Å². The SMILES string of the molecule is CCC(C)(C)NC1CCC(Oc2nc(C)sc2C(=O)N[C@@H]2CCCN(c3cc(C4=C(C)C(=O)OC4)n4ncnc(N)c34)C2)CC1. The lowest BCUT2D eigenvalue weighted by Gasteiger charge is -2.35. The highest BCUT2D eigenvalue weighted by Gasteiger charge is 2.32. The number of nitrogen functional groups attached to an aromatic ring is 1. The molecule has 3 aromatic heterocycles. The van der Waals surface area contributed by atoms with Gasteiger partial charge in [-0.1, -0.05) is 6.92 Å². The van der Waals surface area contributed by atoms with Crippen LogP contribution < -0.4 is 26.0 Å². The summed E-state index contributed by atoms with van der Waals surface area (Å²) < 4.78 is 13.4. The van der Waals surface area contributed by atoms with E-state index in [2.05, 4.69) is 51.4 Å². The lowest BCUT2D eigenvalue weighted by molar-refractivity contribution is -0.135. The molecule has 1 aliphatic carbocycles. The lowest BCUT2D eigenvalue weighted by atomic mass is 9.90. The second-order valence-electron chi connectivity index (χ2n) is 13.1. The van der Waals surface area contributed by atoms with Crippen LogP contribution in [0, 0.1) is 6.92 Å². The number of nitrogens with one attached hydrogen (secondary N) is 2. The number of aromatic nitrogens is 4. The van der Waals surface area contributed by atoms with Gasteiger partial charge in [-0.3, -0.25) is 4.79 Å². The fraction of sp³-hybridized carbons (Fsp3) is 0.594. The number of esters is 1. The van der Waals surface area contributed by atoms with Gasteiger partial charge in [0.25, 0.3) is 5.91 Å². The molecule has 3 aliphatic rings. The van der Waals surface area contributed by atoms with Gasteiger partial charge in [0.2, 0.25) is 5.88 Å². The molecule has 242 valence electrons. The maximum atomic E-state index is 13.6. The minimum absolute atomic E-state index is 0.0512. The molecule has 0 spiro atoms. The van der Waals surface area contributed by atoms with Crippen molar-refractivity contribution in [3.8, 4) is 5.88 Å². The van der Waals surface area contributed by atoms with E-state index in [-0.39, 0.29) is 36.2 Å². The standard InChI is InChI=1S/C32H44N8O4S/c1-6-32(4,5)38-20-9-11-22(12-10-20)44-30-27(45-19(3)36-30)29(41)37-21-8-7-13-39(15-21)25-14-24(23-16-43-31(42)18(23)2)40-26(25)28(33)34-17-35-40/h14,17,20-22,38H,6-13,15-16H2,1-5H3,(H,37,41)(H2,33,34,35)/t20?,21-,22?/m1/s1. The predicted molar refractivity (Wildman–Crippen MR) is 175 cm³/mol. The lowest BCUT2D eigenvalue weighted by Crippen LogP contribution is -2.48. The molecule has 6 rings (SSSR count). The fourth-order valence-corrected chi connectivity index (χ4v) is 7.34. The number of nitrogens with two attached hydrogens (primary N) is 1. The zero-order valence-electron chi connectivity index (χ0n) is 26.8. The Labute approximate surface area is 267 Å². The second-order valence-corrected chi connectivity index (χ2v) is 14.3. The van der Waals surface area contributed by atoms with E-state index in [1.807, 2.05) is 13.0 Å². The molecule has 2 aliphatic heterocycles. The fourth-order valence-electron chi connectivity index (χ4n) is 6.58. The van der Waals surface area contributed by atoms with Crippen LogP contribution in [-0.2, 0) is 9.53 Å². The van der Waals surface area contributed by atoms with E-state index in [9.17, 15) is 9.59 Å². The van der Waals surface area contributed by atoms with Crippen LogP contribution in [0.5, 0.6) is 5.88 Å². The van der Waals surface area contributed by atoms with Crippen LogP contribution in [0.25, 0.3) is 11.1 Å². The highest BCUT2D eigenvalue weighted by Crippen LogP contribution is 2.36. The zero-order chi connectivity index (χ0) is 31.9. The van der Waals surface area contributed by atoms with Crippen molar-refractivity contribution >= 4 is 45.8 Å². The zero-order valence-corrected chi connectivity index (χ0v) is 27.6. The Morgan fingerprint density at radius 2 is 1.98 bits per heavy atom. The molecule has 2 fully saturated rings. The third kappa shape index (κ3) is 6.51. The number of cyclic esters (lactones) is 1. The molecule has 1 saturated carbocycles. The summed E-state index contributed by atoms with van der Waals surface area (Å²) in [6, 6.07) is 2.39. The number of carbonyl (C=O) groups is 2. The van der Waals surface area contributed by atoms with Gasteiger partial charge in [-0.05, 0) is 78.7 Å². The van der Waals surface area contributed by atoms with Gasteiger partial charge < -0.3 is 30.7 Å². The molecule has 3 aromatic rings. The third-order valence-electron chi connectivity index (χ3n) is 9.42. The molecule has 0 radical (unpaired) electrons. The first-order valence-electron chi connectivity index (χ1n) is 16.0. The second kappa shape index (κ2) is 12.6. The summed E-state index contributed by atoms with van der Waals surface area (Å²) in [5, 5.41) is 12.3. The van der Waals surface area contributed by atoms with Crippen LogP contribution in [-0.4, -0.2) is 74.9 Å². The van der Waals surface area contributed by atoms with E-state index in [1.54, 1.807) is 11.4 Å². The van der Waals surface area contributed by atoms with Crippen LogP contribution in [0.4, 0.5) is 11.5 Å². The van der Waals surface area contributed by atoms with Crippen molar-refractivity contribution in [2.45, 2.75) is 103 Å². The van der Waals surface area contributed by atoms with E-state index < -0.39 is 0 Å². The summed E-state index contributed by atoms with van der Waals surface area (Å²) in [5.41, 5.74) is 10.1. The predicted octanol–water partition coefficient (Wildman–Crippen LogP) is 4.27. The van der Waals surface area contributed by atoms with E-state index in [1.165, 1.54) is 17.7 Å². The Hall–Kier alpha value is -3.71. The smallest absolute Gasteiger partial charge is 0.334 e. The number of thiazole rings is 1. The van der Waals surface area contributed by atoms with E-state index in [4.69, 9.17) is 15.2 Å². The summed E-state index contributed by atoms with van der Waals surface area (Å²) in [6.07, 6.45) is 8.23. The van der Waals surface area contributed by atoms with Crippen LogP contribution in [0.3, 0.4) is 0 Å². The Bertz CT molecular complexity index is 1620. The minimum Gasteiger partial charge on any atom is -0.473 e. The summed E-state index contributed by atoms with van der Waals surface area (Å²) in [4.78, 5) is 37.4. The highest BCUT2D eigenvalue weighted by atomic mass is 32.1. The maximum absolute atomic E-state index is 13.6. The number of rotatable bonds is 9. The van der Waals surface area contributed by atoms with Gasteiger partial charge in [-0.15, -0.1) is 11.3 Å². The number of carbonyl (C=O) groups excluding carboxylic acids is 2. The van der Waals surface area contributed by atoms with Crippen LogP contribution in [0.1, 0.15) is 93.0 Å². The van der Waals surface area contributed by atoms with Crippen LogP contribution in [0.2, 0.25) is 0 Å². The number of amides is 1. The van der Waals surface area contributed by atoms with E-state index >= 15 is 0 Å². The maximum Gasteiger partial charge on any atom is 0.334 e.